The highest BCUT2D eigenvalue weighted by atomic mass is 16.5. The van der Waals surface area contributed by atoms with Crippen molar-refractivity contribution in [2.24, 2.45) is 0 Å². The molecular formula is C14H17O. The van der Waals surface area contributed by atoms with Crippen LogP contribution in [0.1, 0.15) is 31.2 Å². The van der Waals surface area contributed by atoms with Gasteiger partial charge in [0.15, 0.2) is 0 Å². The van der Waals surface area contributed by atoms with Crippen LogP contribution in [0.5, 0.6) is 5.75 Å². The maximum absolute atomic E-state index is 5.59. The van der Waals surface area contributed by atoms with Crippen molar-refractivity contribution in [2.75, 3.05) is 0 Å². The average Bonchev–Trinajstić information content (AvgIpc) is 2.29. The van der Waals surface area contributed by atoms with Gasteiger partial charge < -0.3 is 4.74 Å². The van der Waals surface area contributed by atoms with Crippen molar-refractivity contribution in [2.45, 2.75) is 32.1 Å². The van der Waals surface area contributed by atoms with Gasteiger partial charge in [-0.15, -0.1) is 0 Å². The number of para-hydroxylation sites is 1. The maximum atomic E-state index is 5.59. The van der Waals surface area contributed by atoms with Gasteiger partial charge >= 0.3 is 0 Å². The highest BCUT2D eigenvalue weighted by Crippen LogP contribution is 2.27. The Labute approximate surface area is 91.8 Å². The molecule has 1 heteroatoms. The van der Waals surface area contributed by atoms with Crippen molar-refractivity contribution in [1.82, 2.24) is 0 Å². The summed E-state index contributed by atoms with van der Waals surface area (Å²) in [4.78, 5) is 0. The van der Waals surface area contributed by atoms with Gasteiger partial charge in [-0.1, -0.05) is 38.0 Å². The quantitative estimate of drug-likeness (QED) is 0.671. The molecule has 2 rings (SSSR count). The Morgan fingerprint density at radius 3 is 2.93 bits per heavy atom. The lowest BCUT2D eigenvalue weighted by molar-refractivity contribution is 0.451. The fourth-order valence-corrected chi connectivity index (χ4v) is 1.87. The van der Waals surface area contributed by atoms with E-state index in [0.717, 1.165) is 25.0 Å². The van der Waals surface area contributed by atoms with Crippen LogP contribution in [0.4, 0.5) is 0 Å². The molecule has 1 heterocycles. The first-order valence-electron chi connectivity index (χ1n) is 5.62. The standard InChI is InChI=1S/C14H17O/c1-2-3-4-7-12-10-13-8-5-6-9-14(13)15-11-12/h5-6,8-9,11H,1-4,7,10H2. The summed E-state index contributed by atoms with van der Waals surface area (Å²) >= 11 is 0. The summed E-state index contributed by atoms with van der Waals surface area (Å²) in [6.45, 7) is 3.85. The van der Waals surface area contributed by atoms with E-state index in [9.17, 15) is 0 Å². The van der Waals surface area contributed by atoms with Crippen molar-refractivity contribution in [3.63, 3.8) is 0 Å². The van der Waals surface area contributed by atoms with Gasteiger partial charge in [0.25, 0.3) is 0 Å². The Morgan fingerprint density at radius 1 is 1.20 bits per heavy atom. The predicted molar refractivity (Wildman–Crippen MR) is 62.7 cm³/mol. The second-order valence-electron chi connectivity index (χ2n) is 3.99. The van der Waals surface area contributed by atoms with E-state index in [0.29, 0.717) is 0 Å². The van der Waals surface area contributed by atoms with Gasteiger partial charge in [-0.2, -0.15) is 0 Å². The lowest BCUT2D eigenvalue weighted by Gasteiger charge is -2.16. The van der Waals surface area contributed by atoms with E-state index in [1.54, 1.807) is 0 Å². The van der Waals surface area contributed by atoms with Crippen molar-refractivity contribution in [1.29, 1.82) is 0 Å². The number of hydrogen-bond donors (Lipinski definition) is 0. The first-order valence-corrected chi connectivity index (χ1v) is 5.62. The second kappa shape index (κ2) is 5.01. The number of hydrogen-bond acceptors (Lipinski definition) is 1. The molecule has 1 aromatic carbocycles. The number of benzene rings is 1. The van der Waals surface area contributed by atoms with E-state index in [1.165, 1.54) is 24.0 Å². The van der Waals surface area contributed by atoms with Crippen LogP contribution in [0.25, 0.3) is 0 Å². The Hall–Kier alpha value is -1.24. The molecule has 0 bridgehead atoms. The smallest absolute Gasteiger partial charge is 0.130 e. The van der Waals surface area contributed by atoms with Crippen LogP contribution in [0.3, 0.4) is 0 Å². The molecule has 1 nitrogen and oxygen atoms in total. The monoisotopic (exact) mass is 201 g/mol. The molecule has 0 aliphatic carbocycles. The van der Waals surface area contributed by atoms with Crippen molar-refractivity contribution in [3.8, 4) is 5.75 Å². The third-order valence-electron chi connectivity index (χ3n) is 2.74. The van der Waals surface area contributed by atoms with Crippen LogP contribution >= 0.6 is 0 Å². The molecule has 1 aliphatic rings. The Bertz CT molecular complexity index is 352. The largest absolute Gasteiger partial charge is 0.465 e. The fraction of sp³-hybridized carbons (Fsp3) is 0.357. The minimum atomic E-state index is 1.01. The van der Waals surface area contributed by atoms with Crippen LogP contribution in [-0.4, -0.2) is 0 Å². The van der Waals surface area contributed by atoms with Crippen LogP contribution in [-0.2, 0) is 6.42 Å². The molecule has 0 saturated heterocycles. The highest BCUT2D eigenvalue weighted by Gasteiger charge is 2.10. The van der Waals surface area contributed by atoms with E-state index in [-0.39, 0.29) is 0 Å². The van der Waals surface area contributed by atoms with E-state index >= 15 is 0 Å². The topological polar surface area (TPSA) is 9.23 Å². The Balaban J connectivity index is 1.94. The Kier molecular flexibility index (Phi) is 3.44. The summed E-state index contributed by atoms with van der Waals surface area (Å²) < 4.78 is 5.59. The predicted octanol–water partition coefficient (Wildman–Crippen LogP) is 3.90. The van der Waals surface area contributed by atoms with Crippen LogP contribution in [0.15, 0.2) is 36.1 Å². The van der Waals surface area contributed by atoms with Gasteiger partial charge in [0.1, 0.15) is 5.75 Å². The van der Waals surface area contributed by atoms with Crippen molar-refractivity contribution < 1.29 is 4.74 Å². The maximum Gasteiger partial charge on any atom is 0.130 e. The fourth-order valence-electron chi connectivity index (χ4n) is 1.87. The molecule has 1 aromatic rings. The zero-order chi connectivity index (χ0) is 10.5. The molecule has 0 amide bonds. The molecule has 15 heavy (non-hydrogen) atoms. The lowest BCUT2D eigenvalue weighted by Crippen LogP contribution is -2.02. The summed E-state index contributed by atoms with van der Waals surface area (Å²) in [7, 11) is 0. The first kappa shape index (κ1) is 10.3. The summed E-state index contributed by atoms with van der Waals surface area (Å²) in [5.74, 6) is 1.01. The zero-order valence-electron chi connectivity index (χ0n) is 9.04. The van der Waals surface area contributed by atoms with Gasteiger partial charge in [-0.25, -0.2) is 0 Å². The molecule has 0 N–H and O–H groups in total. The molecule has 0 aromatic heterocycles. The molecule has 1 radical (unpaired) electrons. The summed E-state index contributed by atoms with van der Waals surface area (Å²) in [6.07, 6.45) is 7.58. The van der Waals surface area contributed by atoms with Gasteiger partial charge in [-0.3, -0.25) is 0 Å². The zero-order valence-corrected chi connectivity index (χ0v) is 9.04. The number of fused-ring (bicyclic) bond motifs is 1. The minimum Gasteiger partial charge on any atom is -0.465 e. The first-order chi connectivity index (χ1) is 7.40. The van der Waals surface area contributed by atoms with Crippen LogP contribution in [0, 0.1) is 6.92 Å². The molecule has 0 spiro atoms. The molecule has 0 fully saturated rings. The summed E-state index contributed by atoms with van der Waals surface area (Å²) in [5.41, 5.74) is 2.71. The van der Waals surface area contributed by atoms with Gasteiger partial charge in [0.05, 0.1) is 6.26 Å². The van der Waals surface area contributed by atoms with Crippen molar-refractivity contribution in [3.05, 3.63) is 48.6 Å². The van der Waals surface area contributed by atoms with Gasteiger partial charge in [-0.05, 0) is 30.0 Å². The molecule has 0 atom stereocenters. The molecule has 79 valence electrons. The third kappa shape index (κ3) is 2.62. The lowest BCUT2D eigenvalue weighted by atomic mass is 9.99. The van der Waals surface area contributed by atoms with Crippen molar-refractivity contribution >= 4 is 0 Å². The SMILES string of the molecule is [CH2]CCCCC1=COc2ccccc2C1. The second-order valence-corrected chi connectivity index (χ2v) is 3.99. The van der Waals surface area contributed by atoms with Crippen LogP contribution < -0.4 is 4.74 Å². The van der Waals surface area contributed by atoms with Crippen LogP contribution in [0.2, 0.25) is 0 Å². The molecule has 1 aliphatic heterocycles. The summed E-state index contributed by atoms with van der Waals surface area (Å²) in [6, 6.07) is 8.25. The van der Waals surface area contributed by atoms with E-state index in [1.807, 2.05) is 18.4 Å². The molecular weight excluding hydrogens is 184 g/mol. The van der Waals surface area contributed by atoms with Gasteiger partial charge in [0.2, 0.25) is 0 Å². The van der Waals surface area contributed by atoms with Gasteiger partial charge in [0, 0.05) is 6.42 Å². The molecule has 0 saturated carbocycles. The number of rotatable bonds is 4. The highest BCUT2D eigenvalue weighted by molar-refractivity contribution is 5.39. The number of ether oxygens (including phenoxy) is 1. The normalized spacial score (nSPS) is 14.1. The van der Waals surface area contributed by atoms with E-state index < -0.39 is 0 Å². The molecule has 0 unspecified atom stereocenters. The number of unbranched alkanes of at least 4 members (excludes halogenated alkanes) is 2. The van der Waals surface area contributed by atoms with E-state index in [4.69, 9.17) is 4.74 Å². The Morgan fingerprint density at radius 2 is 2.07 bits per heavy atom. The number of allylic oxidation sites excluding steroid dienone is 1. The average molecular weight is 201 g/mol. The summed E-state index contributed by atoms with van der Waals surface area (Å²) in [5, 5.41) is 0. The third-order valence-corrected chi connectivity index (χ3v) is 2.74. The van der Waals surface area contributed by atoms with E-state index in [2.05, 4.69) is 19.1 Å². The minimum absolute atomic E-state index is 1.01.